The molecule has 1 atom stereocenters. The number of carbonyl (C=O) groups excluding carboxylic acids is 1. The van der Waals surface area contributed by atoms with Gasteiger partial charge in [0.1, 0.15) is 5.25 Å². The van der Waals surface area contributed by atoms with Gasteiger partial charge in [0.05, 0.1) is 0 Å². The van der Waals surface area contributed by atoms with Gasteiger partial charge in [0.25, 0.3) is 0 Å². The number of primary sulfonamides is 1. The highest BCUT2D eigenvalue weighted by atomic mass is 32.2. The smallest absolute Gasteiger partial charge is 0.224 e. The maximum atomic E-state index is 11.8. The van der Waals surface area contributed by atoms with Gasteiger partial charge in [-0.15, -0.1) is 0 Å². The highest BCUT2D eigenvalue weighted by molar-refractivity contribution is 7.89. The van der Waals surface area contributed by atoms with Crippen LogP contribution in [0, 0.1) is 0 Å². The molecular formula is C15H23N3O3S. The zero-order valence-electron chi connectivity index (χ0n) is 12.8. The van der Waals surface area contributed by atoms with Crippen LogP contribution in [-0.4, -0.2) is 51.2 Å². The van der Waals surface area contributed by atoms with Crippen molar-refractivity contribution in [2.45, 2.75) is 24.5 Å². The van der Waals surface area contributed by atoms with Crippen LogP contribution in [0.4, 0.5) is 5.69 Å². The molecule has 0 bridgehead atoms. The molecule has 1 heterocycles. The molecule has 1 aromatic carbocycles. The number of amides is 1. The first-order chi connectivity index (χ1) is 10.4. The van der Waals surface area contributed by atoms with Crippen molar-refractivity contribution in [3.8, 4) is 0 Å². The normalized spacial score (nSPS) is 18.7. The van der Waals surface area contributed by atoms with Gasteiger partial charge >= 0.3 is 0 Å². The van der Waals surface area contributed by atoms with E-state index in [0.717, 1.165) is 25.1 Å². The summed E-state index contributed by atoms with van der Waals surface area (Å²) >= 11 is 0. The molecule has 0 radical (unpaired) electrons. The van der Waals surface area contributed by atoms with Crippen LogP contribution in [-0.2, 0) is 14.8 Å². The molecule has 22 heavy (non-hydrogen) atoms. The van der Waals surface area contributed by atoms with Crippen molar-refractivity contribution in [2.75, 3.05) is 31.6 Å². The third kappa shape index (κ3) is 4.45. The standard InChI is InChI=1S/C15H23N3O3S/c1-17(13-7-3-2-4-8-13)9-5-6-10-18-12-14(11-15(18)19)22(16,20)21/h2-4,7-8,14H,5-6,9-12H2,1H3,(H2,16,20,21). The molecule has 0 aliphatic carbocycles. The Labute approximate surface area is 131 Å². The Kier molecular flexibility index (Phi) is 5.42. The number of nitrogens with two attached hydrogens (primary N) is 1. The zero-order chi connectivity index (χ0) is 16.2. The third-order valence-corrected chi connectivity index (χ3v) is 5.26. The molecule has 6 nitrogen and oxygen atoms in total. The molecule has 2 N–H and O–H groups in total. The molecular weight excluding hydrogens is 302 g/mol. The summed E-state index contributed by atoms with van der Waals surface area (Å²) in [6.45, 7) is 1.71. The summed E-state index contributed by atoms with van der Waals surface area (Å²) < 4.78 is 22.6. The number of likely N-dealkylation sites (tertiary alicyclic amines) is 1. The topological polar surface area (TPSA) is 83.7 Å². The monoisotopic (exact) mass is 325 g/mol. The van der Waals surface area contributed by atoms with Gasteiger partial charge < -0.3 is 9.80 Å². The van der Waals surface area contributed by atoms with E-state index in [2.05, 4.69) is 17.0 Å². The number of carbonyl (C=O) groups is 1. The Morgan fingerprint density at radius 2 is 1.95 bits per heavy atom. The fraction of sp³-hybridized carbons (Fsp3) is 0.533. The Morgan fingerprint density at radius 3 is 2.55 bits per heavy atom. The molecule has 0 saturated carbocycles. The van der Waals surface area contributed by atoms with E-state index in [9.17, 15) is 13.2 Å². The van der Waals surface area contributed by atoms with E-state index < -0.39 is 15.3 Å². The second kappa shape index (κ2) is 7.11. The molecule has 1 saturated heterocycles. The first-order valence-electron chi connectivity index (χ1n) is 7.43. The Bertz CT molecular complexity index is 604. The number of benzene rings is 1. The minimum atomic E-state index is -3.62. The second-order valence-electron chi connectivity index (χ2n) is 5.72. The lowest BCUT2D eigenvalue weighted by atomic mass is 10.2. The van der Waals surface area contributed by atoms with E-state index in [1.54, 1.807) is 4.90 Å². The van der Waals surface area contributed by atoms with Gasteiger partial charge in [-0.2, -0.15) is 0 Å². The largest absolute Gasteiger partial charge is 0.375 e. The molecule has 2 rings (SSSR count). The van der Waals surface area contributed by atoms with Gasteiger partial charge in [0.2, 0.25) is 15.9 Å². The third-order valence-electron chi connectivity index (χ3n) is 4.01. The summed E-state index contributed by atoms with van der Waals surface area (Å²) in [5, 5.41) is 4.37. The molecule has 1 aromatic rings. The Balaban J connectivity index is 1.72. The van der Waals surface area contributed by atoms with E-state index in [4.69, 9.17) is 5.14 Å². The van der Waals surface area contributed by atoms with Crippen LogP contribution in [0.3, 0.4) is 0 Å². The highest BCUT2D eigenvalue weighted by Gasteiger charge is 2.35. The summed E-state index contributed by atoms with van der Waals surface area (Å²) in [7, 11) is -1.58. The molecule has 0 aromatic heterocycles. The van der Waals surface area contributed by atoms with E-state index in [1.165, 1.54) is 0 Å². The van der Waals surface area contributed by atoms with E-state index in [1.807, 2.05) is 25.2 Å². The van der Waals surface area contributed by atoms with Gasteiger partial charge in [0.15, 0.2) is 0 Å². The van der Waals surface area contributed by atoms with Crippen LogP contribution in [0.5, 0.6) is 0 Å². The Hall–Kier alpha value is -1.60. The maximum Gasteiger partial charge on any atom is 0.224 e. The molecule has 1 fully saturated rings. The van der Waals surface area contributed by atoms with Crippen molar-refractivity contribution in [3.05, 3.63) is 30.3 Å². The van der Waals surface area contributed by atoms with Crippen molar-refractivity contribution in [3.63, 3.8) is 0 Å². The average molecular weight is 325 g/mol. The number of para-hydroxylation sites is 1. The van der Waals surface area contributed by atoms with Crippen LogP contribution in [0.2, 0.25) is 0 Å². The zero-order valence-corrected chi connectivity index (χ0v) is 13.6. The summed E-state index contributed by atoms with van der Waals surface area (Å²) in [6.07, 6.45) is 1.80. The maximum absolute atomic E-state index is 11.8. The minimum absolute atomic E-state index is 0.0166. The Morgan fingerprint density at radius 1 is 1.27 bits per heavy atom. The summed E-state index contributed by atoms with van der Waals surface area (Å²) in [6, 6.07) is 10.1. The number of anilines is 1. The van der Waals surface area contributed by atoms with Crippen LogP contribution < -0.4 is 10.0 Å². The SMILES string of the molecule is CN(CCCCN1CC(S(N)(=O)=O)CC1=O)c1ccccc1. The van der Waals surface area contributed by atoms with E-state index in [0.29, 0.717) is 6.54 Å². The van der Waals surface area contributed by atoms with Crippen LogP contribution in [0.25, 0.3) is 0 Å². The predicted molar refractivity (Wildman–Crippen MR) is 87.0 cm³/mol. The van der Waals surface area contributed by atoms with Gasteiger partial charge in [-0.25, -0.2) is 13.6 Å². The number of rotatable bonds is 7. The first-order valence-corrected chi connectivity index (χ1v) is 9.04. The van der Waals surface area contributed by atoms with Crippen molar-refractivity contribution >= 4 is 21.6 Å². The number of nitrogens with zero attached hydrogens (tertiary/aromatic N) is 2. The molecule has 122 valence electrons. The van der Waals surface area contributed by atoms with E-state index >= 15 is 0 Å². The summed E-state index contributed by atoms with van der Waals surface area (Å²) in [5.41, 5.74) is 1.16. The molecule has 1 aliphatic heterocycles. The molecule has 0 spiro atoms. The first kappa shape index (κ1) is 16.8. The fourth-order valence-corrected chi connectivity index (χ4v) is 3.40. The fourth-order valence-electron chi connectivity index (χ4n) is 2.64. The number of hydrogen-bond donors (Lipinski definition) is 1. The van der Waals surface area contributed by atoms with Gasteiger partial charge in [-0.3, -0.25) is 4.79 Å². The van der Waals surface area contributed by atoms with Gasteiger partial charge in [0, 0.05) is 38.8 Å². The van der Waals surface area contributed by atoms with Crippen LogP contribution >= 0.6 is 0 Å². The number of hydrogen-bond acceptors (Lipinski definition) is 4. The summed E-state index contributed by atoms with van der Waals surface area (Å²) in [5.74, 6) is -0.115. The van der Waals surface area contributed by atoms with Crippen molar-refractivity contribution < 1.29 is 13.2 Å². The molecule has 1 aliphatic rings. The van der Waals surface area contributed by atoms with E-state index in [-0.39, 0.29) is 18.9 Å². The lowest BCUT2D eigenvalue weighted by Crippen LogP contribution is -2.32. The molecule has 7 heteroatoms. The molecule has 1 unspecified atom stereocenters. The predicted octanol–water partition coefficient (Wildman–Crippen LogP) is 0.792. The quantitative estimate of drug-likeness (QED) is 0.751. The van der Waals surface area contributed by atoms with Crippen molar-refractivity contribution in [1.82, 2.24) is 4.90 Å². The number of sulfonamides is 1. The lowest BCUT2D eigenvalue weighted by molar-refractivity contribution is -0.127. The van der Waals surface area contributed by atoms with Gasteiger partial charge in [-0.1, -0.05) is 18.2 Å². The minimum Gasteiger partial charge on any atom is -0.375 e. The van der Waals surface area contributed by atoms with Crippen LogP contribution in [0.1, 0.15) is 19.3 Å². The van der Waals surface area contributed by atoms with Crippen molar-refractivity contribution in [1.29, 1.82) is 0 Å². The number of unbranched alkanes of at least 4 members (excludes halogenated alkanes) is 1. The summed E-state index contributed by atoms with van der Waals surface area (Å²) in [4.78, 5) is 15.6. The van der Waals surface area contributed by atoms with Gasteiger partial charge in [-0.05, 0) is 25.0 Å². The van der Waals surface area contributed by atoms with Crippen molar-refractivity contribution in [2.24, 2.45) is 5.14 Å². The lowest BCUT2D eigenvalue weighted by Gasteiger charge is -2.20. The second-order valence-corrected chi connectivity index (χ2v) is 7.56. The highest BCUT2D eigenvalue weighted by Crippen LogP contribution is 2.17. The average Bonchev–Trinajstić information content (AvgIpc) is 2.86. The van der Waals surface area contributed by atoms with Crippen LogP contribution in [0.15, 0.2) is 30.3 Å². The molecule has 1 amide bonds.